The molecule has 1 aliphatic carbocycles. The predicted molar refractivity (Wildman–Crippen MR) is 101 cm³/mol. The van der Waals surface area contributed by atoms with Crippen molar-refractivity contribution in [2.45, 2.75) is 69.2 Å². The lowest BCUT2D eigenvalue weighted by Crippen LogP contribution is -2.28. The van der Waals surface area contributed by atoms with Gasteiger partial charge in [0.1, 0.15) is 6.10 Å². The van der Waals surface area contributed by atoms with Crippen LogP contribution in [0.5, 0.6) is 0 Å². The summed E-state index contributed by atoms with van der Waals surface area (Å²) in [5.74, 6) is 0.572. The molecule has 0 aromatic carbocycles. The van der Waals surface area contributed by atoms with Crippen LogP contribution < -0.4 is 5.73 Å². The van der Waals surface area contributed by atoms with Crippen LogP contribution in [0.3, 0.4) is 0 Å². The fourth-order valence-corrected chi connectivity index (χ4v) is 4.83. The summed E-state index contributed by atoms with van der Waals surface area (Å²) < 4.78 is 13.9. The molecule has 0 unspecified atom stereocenters. The number of rotatable bonds is 6. The number of aromatic nitrogens is 5. The number of ether oxygens (including phenoxy) is 2. The number of fused-ring (bicyclic) bond motifs is 2. The highest BCUT2D eigenvalue weighted by Gasteiger charge is 2.55. The van der Waals surface area contributed by atoms with E-state index in [4.69, 9.17) is 15.2 Å². The zero-order chi connectivity index (χ0) is 19.2. The molecule has 4 rings (SSSR count). The van der Waals surface area contributed by atoms with Crippen LogP contribution in [0.15, 0.2) is 5.16 Å². The third-order valence-corrected chi connectivity index (χ3v) is 6.09. The zero-order valence-corrected chi connectivity index (χ0v) is 16.6. The van der Waals surface area contributed by atoms with Gasteiger partial charge < -0.3 is 20.3 Å². The number of aliphatic hydroxyl groups is 1. The molecular weight excluding hydrogens is 368 g/mol. The second-order valence-electron chi connectivity index (χ2n) is 7.61. The monoisotopic (exact) mass is 394 g/mol. The number of aliphatic hydroxyl groups excluding tert-OH is 1. The second-order valence-corrected chi connectivity index (χ2v) is 8.67. The van der Waals surface area contributed by atoms with Crippen molar-refractivity contribution in [3.8, 4) is 0 Å². The molecule has 1 saturated carbocycles. The minimum Gasteiger partial charge on any atom is -0.396 e. The van der Waals surface area contributed by atoms with Crippen LogP contribution in [-0.2, 0) is 9.47 Å². The highest BCUT2D eigenvalue weighted by atomic mass is 32.2. The van der Waals surface area contributed by atoms with Crippen LogP contribution in [0.2, 0.25) is 0 Å². The van der Waals surface area contributed by atoms with Gasteiger partial charge in [-0.2, -0.15) is 0 Å². The van der Waals surface area contributed by atoms with Gasteiger partial charge >= 0.3 is 0 Å². The van der Waals surface area contributed by atoms with Gasteiger partial charge in [0.25, 0.3) is 0 Å². The lowest BCUT2D eigenvalue weighted by atomic mass is 10.1. The first-order chi connectivity index (χ1) is 12.9. The number of thioether (sulfide) groups is 1. The van der Waals surface area contributed by atoms with Gasteiger partial charge in [0.15, 0.2) is 27.9 Å². The summed E-state index contributed by atoms with van der Waals surface area (Å²) in [6, 6.07) is -0.123. The van der Waals surface area contributed by atoms with Crippen LogP contribution in [0.25, 0.3) is 11.2 Å². The van der Waals surface area contributed by atoms with E-state index in [0.29, 0.717) is 28.6 Å². The maximum atomic E-state index is 9.79. The highest BCUT2D eigenvalue weighted by molar-refractivity contribution is 7.99. The minimum absolute atomic E-state index is 0.0152. The van der Waals surface area contributed by atoms with Crippen molar-refractivity contribution < 1.29 is 14.6 Å². The van der Waals surface area contributed by atoms with Crippen molar-refractivity contribution in [2.75, 3.05) is 18.1 Å². The first kappa shape index (κ1) is 18.9. The quantitative estimate of drug-likeness (QED) is 0.429. The Labute approximate surface area is 162 Å². The molecule has 1 saturated heterocycles. The second kappa shape index (κ2) is 7.16. The Morgan fingerprint density at radius 1 is 1.30 bits per heavy atom. The molecule has 4 atom stereocenters. The van der Waals surface area contributed by atoms with E-state index in [9.17, 15) is 5.11 Å². The minimum atomic E-state index is -0.688. The Balaban J connectivity index is 1.69. The van der Waals surface area contributed by atoms with Gasteiger partial charge in [-0.1, -0.05) is 30.3 Å². The molecule has 2 aliphatic rings. The summed E-state index contributed by atoms with van der Waals surface area (Å²) in [5.41, 5.74) is 7.21. The topological polar surface area (TPSA) is 121 Å². The lowest BCUT2D eigenvalue weighted by Gasteiger charge is -2.23. The number of nitrogens with zero attached hydrogens (tertiary/aromatic N) is 5. The first-order valence-corrected chi connectivity index (χ1v) is 10.4. The van der Waals surface area contributed by atoms with Gasteiger partial charge in [-0.15, -0.1) is 5.10 Å². The van der Waals surface area contributed by atoms with E-state index in [1.54, 1.807) is 16.4 Å². The molecule has 27 heavy (non-hydrogen) atoms. The predicted octanol–water partition coefficient (Wildman–Crippen LogP) is 1.77. The van der Waals surface area contributed by atoms with Crippen LogP contribution >= 0.6 is 11.8 Å². The molecular formula is C17H26N6O3S. The van der Waals surface area contributed by atoms with E-state index in [2.05, 4.69) is 27.2 Å². The van der Waals surface area contributed by atoms with E-state index in [1.165, 1.54) is 0 Å². The number of anilines is 1. The molecule has 3 heterocycles. The Bertz CT molecular complexity index is 828. The van der Waals surface area contributed by atoms with Gasteiger partial charge in [0, 0.05) is 18.3 Å². The van der Waals surface area contributed by atoms with Gasteiger partial charge in [0.05, 0.1) is 12.1 Å². The lowest BCUT2D eigenvalue weighted by molar-refractivity contribution is -0.162. The van der Waals surface area contributed by atoms with E-state index in [0.717, 1.165) is 18.6 Å². The number of hydrogen-bond acceptors (Lipinski definition) is 9. The van der Waals surface area contributed by atoms with Crippen molar-refractivity contribution >= 4 is 28.7 Å². The highest BCUT2D eigenvalue weighted by Crippen LogP contribution is 2.47. The first-order valence-electron chi connectivity index (χ1n) is 9.41. The Morgan fingerprint density at radius 3 is 2.81 bits per heavy atom. The van der Waals surface area contributed by atoms with Gasteiger partial charge in [-0.3, -0.25) is 0 Å². The largest absolute Gasteiger partial charge is 0.396 e. The molecule has 0 spiro atoms. The van der Waals surface area contributed by atoms with Gasteiger partial charge in [0.2, 0.25) is 0 Å². The molecule has 148 valence electrons. The zero-order valence-electron chi connectivity index (χ0n) is 15.8. The standard InChI is InChI=1S/C17H26N6O3S/c1-4-5-6-27-16-19-14(18)11-15(20-16)23(22-21-11)10-7-9(8-24)12-13(10)26-17(2,3)25-12/h9-10,12-13,24H,4-8H2,1-3H3,(H2,18,19,20)/t9-,10-,12-,13+/m1/s1. The van der Waals surface area contributed by atoms with E-state index in [-0.39, 0.29) is 30.8 Å². The van der Waals surface area contributed by atoms with Crippen LogP contribution in [0.4, 0.5) is 5.82 Å². The summed E-state index contributed by atoms with van der Waals surface area (Å²) in [7, 11) is 0. The SMILES string of the molecule is CCCCSc1nc(N)c2nnn([C@@H]3C[C@H](CO)[C@H]4OC(C)(C)O[C@H]43)c2n1. The van der Waals surface area contributed by atoms with E-state index in [1.807, 2.05) is 13.8 Å². The van der Waals surface area contributed by atoms with Crippen molar-refractivity contribution in [1.82, 2.24) is 25.0 Å². The maximum absolute atomic E-state index is 9.79. The van der Waals surface area contributed by atoms with Gasteiger partial charge in [-0.05, 0) is 26.7 Å². The van der Waals surface area contributed by atoms with Gasteiger partial charge in [-0.25, -0.2) is 14.6 Å². The average Bonchev–Trinajstić information content (AvgIpc) is 3.26. The molecule has 10 heteroatoms. The van der Waals surface area contributed by atoms with Crippen molar-refractivity contribution in [1.29, 1.82) is 0 Å². The smallest absolute Gasteiger partial charge is 0.191 e. The summed E-state index contributed by atoms with van der Waals surface area (Å²) >= 11 is 1.59. The van der Waals surface area contributed by atoms with E-state index >= 15 is 0 Å². The fraction of sp³-hybridized carbons (Fsp3) is 0.765. The molecule has 2 aromatic rings. The molecule has 0 bridgehead atoms. The van der Waals surface area contributed by atoms with E-state index < -0.39 is 5.79 Å². The molecule has 2 fully saturated rings. The third-order valence-electron chi connectivity index (χ3n) is 5.16. The molecule has 1 aliphatic heterocycles. The van der Waals surface area contributed by atoms with Crippen molar-refractivity contribution in [3.05, 3.63) is 0 Å². The Kier molecular flexibility index (Phi) is 5.00. The molecule has 0 amide bonds. The Morgan fingerprint density at radius 2 is 2.07 bits per heavy atom. The van der Waals surface area contributed by atoms with Crippen molar-refractivity contribution in [3.63, 3.8) is 0 Å². The van der Waals surface area contributed by atoms with Crippen LogP contribution in [0, 0.1) is 5.92 Å². The third kappa shape index (κ3) is 3.39. The molecule has 9 nitrogen and oxygen atoms in total. The normalized spacial score (nSPS) is 29.5. The van der Waals surface area contributed by atoms with Crippen LogP contribution in [-0.4, -0.2) is 60.4 Å². The number of unbranched alkanes of at least 4 members (excludes halogenated alkanes) is 1. The van der Waals surface area contributed by atoms with Crippen molar-refractivity contribution in [2.24, 2.45) is 5.92 Å². The van der Waals surface area contributed by atoms with Crippen LogP contribution in [0.1, 0.15) is 46.1 Å². The number of nitrogens with two attached hydrogens (primary N) is 1. The summed E-state index contributed by atoms with van der Waals surface area (Å²) in [6.07, 6.45) is 2.50. The summed E-state index contributed by atoms with van der Waals surface area (Å²) in [4.78, 5) is 9.02. The Hall–Kier alpha value is -1.49. The fourth-order valence-electron chi connectivity index (χ4n) is 3.90. The molecule has 2 aromatic heterocycles. The average molecular weight is 395 g/mol. The summed E-state index contributed by atoms with van der Waals surface area (Å²) in [5, 5.41) is 18.9. The maximum Gasteiger partial charge on any atom is 0.191 e. The molecule has 3 N–H and O–H groups in total. The molecule has 0 radical (unpaired) electrons. The number of nitrogen functional groups attached to an aromatic ring is 1. The number of hydrogen-bond donors (Lipinski definition) is 2. The summed E-state index contributed by atoms with van der Waals surface area (Å²) in [6.45, 7) is 5.97.